The number of hydrogen-bond acceptors (Lipinski definition) is 9. The van der Waals surface area contributed by atoms with Crippen LogP contribution in [0.25, 0.3) is 0 Å². The highest BCUT2D eigenvalue weighted by molar-refractivity contribution is 6.09. The number of aliphatic carboxylic acids is 1. The smallest absolute Gasteiger partial charge is 0.348 e. The SMILES string of the molecule is CCC(CCCCOC(=O)Cc1cccc(C(=O)c2ccccc2)c1)(OC(=O)CCCCCOC(=O)C(C)c1cccc(C(=O)c2ccccc2)c1)C(=O)O. The van der Waals surface area contributed by atoms with Gasteiger partial charge in [-0.3, -0.25) is 24.0 Å². The third-order valence-electron chi connectivity index (χ3n) is 9.39. The van der Waals surface area contributed by atoms with Crippen molar-refractivity contribution in [3.8, 4) is 0 Å². The zero-order valence-corrected chi connectivity index (χ0v) is 31.4. The lowest BCUT2D eigenvalue weighted by Crippen LogP contribution is -2.43. The molecule has 4 aromatic rings. The van der Waals surface area contributed by atoms with E-state index in [2.05, 4.69) is 0 Å². The summed E-state index contributed by atoms with van der Waals surface area (Å²) in [4.78, 5) is 75.7. The Morgan fingerprint density at radius 2 is 1.18 bits per heavy atom. The van der Waals surface area contributed by atoms with Gasteiger partial charge in [-0.05, 0) is 75.1 Å². The first kappa shape index (κ1) is 41.9. The van der Waals surface area contributed by atoms with E-state index in [4.69, 9.17) is 14.2 Å². The van der Waals surface area contributed by atoms with Crippen LogP contribution in [0.5, 0.6) is 0 Å². The van der Waals surface area contributed by atoms with Gasteiger partial charge in [0.25, 0.3) is 0 Å². The van der Waals surface area contributed by atoms with Gasteiger partial charge in [0.1, 0.15) is 0 Å². The first-order valence-corrected chi connectivity index (χ1v) is 18.7. The molecule has 0 radical (unpaired) electrons. The third kappa shape index (κ3) is 12.6. The lowest BCUT2D eigenvalue weighted by Gasteiger charge is -2.28. The van der Waals surface area contributed by atoms with Gasteiger partial charge in [-0.25, -0.2) is 4.79 Å². The van der Waals surface area contributed by atoms with Crippen molar-refractivity contribution in [2.24, 2.45) is 0 Å². The van der Waals surface area contributed by atoms with Crippen LogP contribution in [-0.4, -0.2) is 59.4 Å². The molecule has 0 spiro atoms. The minimum absolute atomic E-state index is 0.0113. The Morgan fingerprint density at radius 3 is 1.80 bits per heavy atom. The number of carboxylic acids is 1. The second-order valence-electron chi connectivity index (χ2n) is 13.4. The number of esters is 3. The molecule has 55 heavy (non-hydrogen) atoms. The molecule has 0 fully saturated rings. The van der Waals surface area contributed by atoms with Crippen molar-refractivity contribution in [2.75, 3.05) is 13.2 Å². The monoisotopic (exact) mass is 748 g/mol. The summed E-state index contributed by atoms with van der Waals surface area (Å²) in [7, 11) is 0. The van der Waals surface area contributed by atoms with E-state index in [1.165, 1.54) is 0 Å². The molecule has 10 heteroatoms. The molecule has 4 rings (SSSR count). The van der Waals surface area contributed by atoms with Gasteiger partial charge < -0.3 is 19.3 Å². The highest BCUT2D eigenvalue weighted by atomic mass is 16.6. The molecule has 0 saturated heterocycles. The van der Waals surface area contributed by atoms with E-state index in [0.717, 1.165) is 0 Å². The fourth-order valence-electron chi connectivity index (χ4n) is 6.05. The zero-order chi connectivity index (χ0) is 39.6. The van der Waals surface area contributed by atoms with Crippen LogP contribution >= 0.6 is 0 Å². The number of benzene rings is 4. The van der Waals surface area contributed by atoms with Crippen LogP contribution < -0.4 is 0 Å². The molecule has 0 aromatic heterocycles. The highest BCUT2D eigenvalue weighted by Gasteiger charge is 2.40. The molecular formula is C45H48O10. The lowest BCUT2D eigenvalue weighted by molar-refractivity contribution is -0.180. The average Bonchev–Trinajstić information content (AvgIpc) is 3.21. The summed E-state index contributed by atoms with van der Waals surface area (Å²) in [6, 6.07) is 31.5. The van der Waals surface area contributed by atoms with Crippen LogP contribution in [0.4, 0.5) is 0 Å². The van der Waals surface area contributed by atoms with Crippen LogP contribution in [-0.2, 0) is 39.8 Å². The molecule has 2 atom stereocenters. The summed E-state index contributed by atoms with van der Waals surface area (Å²) < 4.78 is 16.3. The number of ketones is 2. The largest absolute Gasteiger partial charge is 0.478 e. The van der Waals surface area contributed by atoms with E-state index in [1.807, 2.05) is 12.1 Å². The molecule has 0 amide bonds. The van der Waals surface area contributed by atoms with Crippen molar-refractivity contribution in [3.05, 3.63) is 143 Å². The maximum atomic E-state index is 12.8. The standard InChI is InChI=1S/C45H48O10/c1-3-45(44(51)52,26-12-14-27-53-40(47)30-33-17-15-23-37(29-33)41(48)34-18-7-4-8-19-34)55-39(46)25-11-6-13-28-54-43(50)32(2)36-22-16-24-38(31-36)42(49)35-20-9-5-10-21-35/h4-5,7-10,15-24,29,31-32H,3,6,11-14,25-28,30H2,1-2H3,(H,51,52). The van der Waals surface area contributed by atoms with E-state index in [9.17, 15) is 33.9 Å². The summed E-state index contributed by atoms with van der Waals surface area (Å²) in [6.45, 7) is 3.59. The number of ether oxygens (including phenoxy) is 3. The normalized spacial score (nSPS) is 12.5. The molecule has 4 aromatic carbocycles. The van der Waals surface area contributed by atoms with Gasteiger partial charge in [-0.2, -0.15) is 0 Å². The molecule has 10 nitrogen and oxygen atoms in total. The van der Waals surface area contributed by atoms with Crippen LogP contribution in [0.1, 0.15) is 114 Å². The predicted molar refractivity (Wildman–Crippen MR) is 206 cm³/mol. The van der Waals surface area contributed by atoms with Gasteiger partial charge in [0.15, 0.2) is 11.6 Å². The van der Waals surface area contributed by atoms with Gasteiger partial charge in [-0.15, -0.1) is 0 Å². The van der Waals surface area contributed by atoms with Crippen molar-refractivity contribution in [1.82, 2.24) is 0 Å². The van der Waals surface area contributed by atoms with Crippen molar-refractivity contribution in [2.45, 2.75) is 83.2 Å². The molecule has 0 aliphatic carbocycles. The van der Waals surface area contributed by atoms with Crippen molar-refractivity contribution >= 4 is 35.4 Å². The number of carbonyl (C=O) groups excluding carboxylic acids is 5. The Kier molecular flexibility index (Phi) is 16.1. The second-order valence-corrected chi connectivity index (χ2v) is 13.4. The molecule has 2 unspecified atom stereocenters. The third-order valence-corrected chi connectivity index (χ3v) is 9.39. The lowest BCUT2D eigenvalue weighted by atomic mass is 9.93. The number of rotatable bonds is 22. The van der Waals surface area contributed by atoms with Gasteiger partial charge in [-0.1, -0.05) is 104 Å². The molecule has 288 valence electrons. The number of carbonyl (C=O) groups is 6. The van der Waals surface area contributed by atoms with Gasteiger partial charge in [0.05, 0.1) is 25.6 Å². The van der Waals surface area contributed by atoms with E-state index in [1.54, 1.807) is 111 Å². The first-order valence-electron chi connectivity index (χ1n) is 18.7. The minimum Gasteiger partial charge on any atom is -0.478 e. The van der Waals surface area contributed by atoms with Crippen LogP contribution in [0.2, 0.25) is 0 Å². The fourth-order valence-corrected chi connectivity index (χ4v) is 6.05. The molecule has 0 bridgehead atoms. The van der Waals surface area contributed by atoms with E-state index in [-0.39, 0.29) is 50.5 Å². The maximum Gasteiger partial charge on any atom is 0.348 e. The summed E-state index contributed by atoms with van der Waals surface area (Å²) in [5.74, 6) is -3.60. The van der Waals surface area contributed by atoms with Crippen LogP contribution in [0.3, 0.4) is 0 Å². The summed E-state index contributed by atoms with van der Waals surface area (Å²) in [5.41, 5.74) is 1.69. The molecule has 0 heterocycles. The van der Waals surface area contributed by atoms with E-state index in [0.29, 0.717) is 65.5 Å². The van der Waals surface area contributed by atoms with Crippen molar-refractivity contribution in [3.63, 3.8) is 0 Å². The predicted octanol–water partition coefficient (Wildman–Crippen LogP) is 8.09. The Labute approximate surface area is 321 Å². The zero-order valence-electron chi connectivity index (χ0n) is 31.4. The molecule has 0 aliphatic rings. The van der Waals surface area contributed by atoms with E-state index < -0.39 is 35.4 Å². The Bertz CT molecular complexity index is 1920. The summed E-state index contributed by atoms with van der Waals surface area (Å²) in [5, 5.41) is 9.98. The molecular weight excluding hydrogens is 700 g/mol. The number of carboxylic acid groups (broad SMARTS) is 1. The van der Waals surface area contributed by atoms with Gasteiger partial charge in [0, 0.05) is 28.7 Å². The summed E-state index contributed by atoms with van der Waals surface area (Å²) >= 11 is 0. The average molecular weight is 749 g/mol. The van der Waals surface area contributed by atoms with Crippen LogP contribution in [0.15, 0.2) is 109 Å². The van der Waals surface area contributed by atoms with Gasteiger partial charge >= 0.3 is 23.9 Å². The molecule has 1 N–H and O–H groups in total. The van der Waals surface area contributed by atoms with Gasteiger partial charge in [0.2, 0.25) is 5.60 Å². The van der Waals surface area contributed by atoms with Crippen LogP contribution in [0, 0.1) is 0 Å². The Hall–Kier alpha value is -5.90. The fraction of sp³-hybridized carbons (Fsp3) is 0.333. The first-order chi connectivity index (χ1) is 26.5. The highest BCUT2D eigenvalue weighted by Crippen LogP contribution is 2.26. The maximum absolute atomic E-state index is 12.8. The van der Waals surface area contributed by atoms with E-state index >= 15 is 0 Å². The topological polar surface area (TPSA) is 150 Å². The molecule has 0 aliphatic heterocycles. The van der Waals surface area contributed by atoms with Crippen molar-refractivity contribution in [1.29, 1.82) is 0 Å². The Balaban J connectivity index is 1.12. The molecule has 0 saturated carbocycles. The second kappa shape index (κ2) is 21.1. The minimum atomic E-state index is -1.69. The summed E-state index contributed by atoms with van der Waals surface area (Å²) in [6.07, 6.45) is 2.34. The quantitative estimate of drug-likeness (QED) is 0.0362. The number of hydrogen-bond donors (Lipinski definition) is 1. The number of unbranched alkanes of at least 4 members (excludes halogenated alkanes) is 3. The Morgan fingerprint density at radius 1 is 0.618 bits per heavy atom. The van der Waals surface area contributed by atoms with Crippen molar-refractivity contribution < 1.29 is 48.1 Å².